The first-order chi connectivity index (χ1) is 2.00. The number of hydrogen-bond acceptors (Lipinski definition) is 2. The molecule has 0 aliphatic carbocycles. The molecule has 2 nitrogen and oxygen atoms in total. The van der Waals surface area contributed by atoms with Gasteiger partial charge in [0.1, 0.15) is 0 Å². The summed E-state index contributed by atoms with van der Waals surface area (Å²) in [5.41, 5.74) is 0. The topological polar surface area (TPSA) is 47.6 Å². The Morgan fingerprint density at radius 1 is 0.833 bits per heavy atom. The second-order valence-corrected chi connectivity index (χ2v) is 0. The minimum absolute atomic E-state index is 0. The van der Waals surface area contributed by atoms with Gasteiger partial charge in [-0.2, -0.15) is 0 Å². The van der Waals surface area contributed by atoms with E-state index < -0.39 is 0 Å². The third kappa shape index (κ3) is 363. The van der Waals surface area contributed by atoms with E-state index in [4.69, 9.17) is 23.7 Å². The summed E-state index contributed by atoms with van der Waals surface area (Å²) in [6, 6.07) is 0. The van der Waals surface area contributed by atoms with Crippen molar-refractivity contribution in [1.82, 2.24) is 0 Å². The third-order valence-electron chi connectivity index (χ3n) is 0. The number of hydrogen-bond donors (Lipinski definition) is 0. The van der Waals surface area contributed by atoms with Crippen molar-refractivity contribution in [2.24, 2.45) is 0 Å². The molecule has 0 spiro atoms. The van der Waals surface area contributed by atoms with Crippen LogP contribution in [0.1, 0.15) is 0 Å². The molecule has 0 aromatic carbocycles. The van der Waals surface area contributed by atoms with E-state index in [2.05, 4.69) is 0 Å². The Balaban J connectivity index is -0.00000000500. The molecule has 0 radical (unpaired) electrons. The summed E-state index contributed by atoms with van der Waals surface area (Å²) >= 11 is 0. The molecule has 0 N–H and O–H groups in total. The van der Waals surface area contributed by atoms with E-state index in [0.29, 0.717) is 0 Å². The molecule has 0 aliphatic heterocycles. The van der Waals surface area contributed by atoms with Crippen LogP contribution in [0.25, 0.3) is 0 Å². The summed E-state index contributed by atoms with van der Waals surface area (Å²) in [6.07, 6.45) is 0. The quantitative estimate of drug-likeness (QED) is 0.393. The van der Waals surface area contributed by atoms with Gasteiger partial charge in [0.15, 0.2) is 0 Å². The molecule has 0 unspecified atom stereocenters. The van der Waals surface area contributed by atoms with Crippen LogP contribution in [0.15, 0.2) is 0 Å². The zero-order valence-electron chi connectivity index (χ0n) is 2.25. The summed E-state index contributed by atoms with van der Waals surface area (Å²) in [4.78, 5) is 0. The van der Waals surface area contributed by atoms with Crippen molar-refractivity contribution in [1.29, 1.82) is 10.5 Å². The zero-order valence-corrected chi connectivity index (χ0v) is 3.35. The first-order valence-corrected chi connectivity index (χ1v) is 0.447. The van der Waals surface area contributed by atoms with Gasteiger partial charge in [0.25, 0.3) is 0 Å². The molecule has 0 aliphatic rings. The summed E-state index contributed by atoms with van der Waals surface area (Å²) in [6.45, 7) is 9.50. The molecular formula is C2H3FeInN2. The van der Waals surface area contributed by atoms with E-state index >= 15 is 0 Å². The number of nitrogens with zero attached hydrogens (tertiary/aromatic N) is 2. The van der Waals surface area contributed by atoms with Gasteiger partial charge in [-0.15, -0.1) is 0 Å². The molecule has 0 aromatic rings. The average Bonchev–Trinajstić information content (AvgIpc) is 1.50. The first-order valence-electron chi connectivity index (χ1n) is 0.447. The Morgan fingerprint density at radius 3 is 0.833 bits per heavy atom. The van der Waals surface area contributed by atoms with E-state index in [9.17, 15) is 0 Å². The van der Waals surface area contributed by atoms with Gasteiger partial charge in [0.2, 0.25) is 0 Å². The molecule has 0 bridgehead atoms. The van der Waals surface area contributed by atoms with Crippen molar-refractivity contribution in [2.75, 3.05) is 0 Å². The van der Waals surface area contributed by atoms with Crippen LogP contribution >= 0.6 is 0 Å². The number of rotatable bonds is 0. The van der Waals surface area contributed by atoms with Crippen molar-refractivity contribution < 1.29 is 17.1 Å². The average molecular weight is 226 g/mol. The van der Waals surface area contributed by atoms with Crippen molar-refractivity contribution >= 4 is 25.8 Å². The molecular weight excluding hydrogens is 223 g/mol. The van der Waals surface area contributed by atoms with E-state index in [1.165, 1.54) is 0 Å². The van der Waals surface area contributed by atoms with Gasteiger partial charge in [-0.25, -0.2) is 0 Å². The molecule has 4 heteroatoms. The van der Waals surface area contributed by atoms with Crippen LogP contribution in [-0.4, -0.2) is 25.8 Å². The predicted octanol–water partition coefficient (Wildman–Crippen LogP) is -0.994. The van der Waals surface area contributed by atoms with Crippen LogP contribution in [0.5, 0.6) is 0 Å². The maximum atomic E-state index is 6.25. The SMILES string of the molecule is [C-]#N.[C-]#N.[Fe+2].[InH3]. The van der Waals surface area contributed by atoms with Crippen LogP contribution in [0.2, 0.25) is 0 Å². The minimum atomic E-state index is 0. The fraction of sp³-hybridized carbons (Fsp3) is 0. The Labute approximate surface area is 66.4 Å². The molecule has 6 heavy (non-hydrogen) atoms. The molecule has 0 saturated heterocycles. The van der Waals surface area contributed by atoms with Crippen molar-refractivity contribution in [2.45, 2.75) is 0 Å². The van der Waals surface area contributed by atoms with E-state index in [-0.39, 0.29) is 42.9 Å². The van der Waals surface area contributed by atoms with E-state index in [1.54, 1.807) is 0 Å². The van der Waals surface area contributed by atoms with Gasteiger partial charge in [-0.05, 0) is 0 Å². The standard InChI is InChI=1S/2CN.Fe.In.3H/c2*1-2;;;;;/q2*-1;+2;;;;. The molecule has 0 fully saturated rings. The van der Waals surface area contributed by atoms with Crippen LogP contribution in [0, 0.1) is 23.7 Å². The Morgan fingerprint density at radius 2 is 0.833 bits per heavy atom. The Kier molecular flexibility index (Phi) is 4090. The molecule has 0 aromatic heterocycles. The molecule has 0 rings (SSSR count). The van der Waals surface area contributed by atoms with Gasteiger partial charge in [-0.3, -0.25) is 0 Å². The Bertz CT molecular complexity index is 27.0. The first kappa shape index (κ1) is 32.7. The summed E-state index contributed by atoms with van der Waals surface area (Å²) in [5.74, 6) is 0. The molecule has 0 saturated carbocycles. The maximum absolute atomic E-state index is 6.25. The molecule has 0 heterocycles. The van der Waals surface area contributed by atoms with Crippen molar-refractivity contribution in [3.05, 3.63) is 13.1 Å². The second-order valence-electron chi connectivity index (χ2n) is 0. The monoisotopic (exact) mass is 226 g/mol. The second kappa shape index (κ2) is 750. The Hall–Kier alpha value is 0.370. The van der Waals surface area contributed by atoms with Gasteiger partial charge in [0, 0.05) is 0 Å². The molecule has 0 atom stereocenters. The van der Waals surface area contributed by atoms with E-state index in [1.807, 2.05) is 0 Å². The van der Waals surface area contributed by atoms with Gasteiger partial charge in [0.05, 0.1) is 0 Å². The van der Waals surface area contributed by atoms with Crippen LogP contribution in [0.4, 0.5) is 0 Å². The zero-order chi connectivity index (χ0) is 4.00. The fourth-order valence-corrected chi connectivity index (χ4v) is 0. The summed E-state index contributed by atoms with van der Waals surface area (Å²) in [7, 11) is 0. The van der Waals surface area contributed by atoms with Crippen LogP contribution in [-0.2, 0) is 17.1 Å². The fourth-order valence-electron chi connectivity index (χ4n) is 0. The summed E-state index contributed by atoms with van der Waals surface area (Å²) < 4.78 is 0. The van der Waals surface area contributed by atoms with Crippen molar-refractivity contribution in [3.8, 4) is 0 Å². The van der Waals surface area contributed by atoms with E-state index in [0.717, 1.165) is 0 Å². The van der Waals surface area contributed by atoms with Crippen LogP contribution < -0.4 is 0 Å². The molecule has 0 amide bonds. The van der Waals surface area contributed by atoms with Gasteiger partial charge < -0.3 is 23.7 Å². The predicted molar refractivity (Wildman–Crippen MR) is 19.9 cm³/mol. The van der Waals surface area contributed by atoms with Gasteiger partial charge >= 0.3 is 42.9 Å². The molecule has 32 valence electrons. The summed E-state index contributed by atoms with van der Waals surface area (Å²) in [5, 5.41) is 12.5. The normalized spacial score (nSPS) is 0.667. The van der Waals surface area contributed by atoms with Gasteiger partial charge in [-0.1, -0.05) is 0 Å². The van der Waals surface area contributed by atoms with Crippen molar-refractivity contribution in [3.63, 3.8) is 0 Å². The van der Waals surface area contributed by atoms with Crippen LogP contribution in [0.3, 0.4) is 0 Å². The third-order valence-corrected chi connectivity index (χ3v) is 0.